The van der Waals surface area contributed by atoms with Gasteiger partial charge in [-0.25, -0.2) is 0 Å². The number of aromatic nitrogens is 1. The highest BCUT2D eigenvalue weighted by atomic mass is 16.5. The summed E-state index contributed by atoms with van der Waals surface area (Å²) in [5.41, 5.74) is 2.31. The van der Waals surface area contributed by atoms with E-state index in [1.54, 1.807) is 0 Å². The zero-order valence-corrected chi connectivity index (χ0v) is 11.5. The van der Waals surface area contributed by atoms with E-state index in [1.165, 1.54) is 5.69 Å². The van der Waals surface area contributed by atoms with Crippen LogP contribution in [0.2, 0.25) is 0 Å². The zero-order valence-electron chi connectivity index (χ0n) is 11.5. The molecule has 1 aliphatic rings. The van der Waals surface area contributed by atoms with Crippen molar-refractivity contribution in [1.29, 1.82) is 0 Å². The highest BCUT2D eigenvalue weighted by Crippen LogP contribution is 2.20. The molecule has 4 heteroatoms. The maximum absolute atomic E-state index is 5.44. The number of likely N-dealkylation sites (N-methyl/N-ethyl adjacent to an activating group) is 1. The van der Waals surface area contributed by atoms with Crippen molar-refractivity contribution >= 4 is 5.69 Å². The molecule has 0 aromatic carbocycles. The van der Waals surface area contributed by atoms with Crippen LogP contribution in [0.3, 0.4) is 0 Å². The smallest absolute Gasteiger partial charge is 0.0670 e. The van der Waals surface area contributed by atoms with Crippen LogP contribution in [-0.4, -0.2) is 37.3 Å². The SMILES string of the molecule is CC(C)NCc1cc(N(C)C2CCOC2)ccn1. The summed E-state index contributed by atoms with van der Waals surface area (Å²) in [5.74, 6) is 0. The zero-order chi connectivity index (χ0) is 13.0. The summed E-state index contributed by atoms with van der Waals surface area (Å²) in [6.45, 7) is 6.82. The highest BCUT2D eigenvalue weighted by Gasteiger charge is 2.20. The molecule has 1 atom stereocenters. The minimum absolute atomic E-state index is 0.483. The molecule has 0 aliphatic carbocycles. The molecule has 18 heavy (non-hydrogen) atoms. The van der Waals surface area contributed by atoms with Crippen molar-refractivity contribution in [3.8, 4) is 0 Å². The van der Waals surface area contributed by atoms with Crippen molar-refractivity contribution in [2.45, 2.75) is 38.9 Å². The van der Waals surface area contributed by atoms with E-state index < -0.39 is 0 Å². The molecular weight excluding hydrogens is 226 g/mol. The molecule has 1 saturated heterocycles. The third kappa shape index (κ3) is 3.43. The molecule has 1 aromatic heterocycles. The molecule has 100 valence electrons. The molecule has 0 amide bonds. The number of nitrogens with zero attached hydrogens (tertiary/aromatic N) is 2. The molecule has 4 nitrogen and oxygen atoms in total. The van der Waals surface area contributed by atoms with Crippen molar-refractivity contribution in [2.75, 3.05) is 25.2 Å². The van der Waals surface area contributed by atoms with Crippen LogP contribution in [0.25, 0.3) is 0 Å². The maximum Gasteiger partial charge on any atom is 0.0670 e. The van der Waals surface area contributed by atoms with Crippen molar-refractivity contribution in [3.05, 3.63) is 24.0 Å². The summed E-state index contributed by atoms with van der Waals surface area (Å²) < 4.78 is 5.44. The van der Waals surface area contributed by atoms with Gasteiger partial charge in [-0.2, -0.15) is 0 Å². The largest absolute Gasteiger partial charge is 0.379 e. The van der Waals surface area contributed by atoms with E-state index in [2.05, 4.69) is 48.2 Å². The van der Waals surface area contributed by atoms with E-state index in [4.69, 9.17) is 4.74 Å². The van der Waals surface area contributed by atoms with E-state index in [0.717, 1.165) is 31.9 Å². The van der Waals surface area contributed by atoms with E-state index >= 15 is 0 Å². The molecule has 1 aliphatic heterocycles. The molecule has 0 bridgehead atoms. The van der Waals surface area contributed by atoms with Gasteiger partial charge >= 0.3 is 0 Å². The summed E-state index contributed by atoms with van der Waals surface area (Å²) in [7, 11) is 2.13. The normalized spacial score (nSPS) is 19.4. The quantitative estimate of drug-likeness (QED) is 0.863. The van der Waals surface area contributed by atoms with E-state index in [0.29, 0.717) is 12.1 Å². The first kappa shape index (κ1) is 13.3. The standard InChI is InChI=1S/C14H23N3O/c1-11(2)16-9-12-8-13(4-6-15-12)17(3)14-5-7-18-10-14/h4,6,8,11,14,16H,5,7,9-10H2,1-3H3. The fraction of sp³-hybridized carbons (Fsp3) is 0.643. The van der Waals surface area contributed by atoms with Crippen LogP contribution in [-0.2, 0) is 11.3 Å². The van der Waals surface area contributed by atoms with Gasteiger partial charge in [-0.3, -0.25) is 4.98 Å². The Hall–Kier alpha value is -1.13. The number of rotatable bonds is 5. The number of hydrogen-bond acceptors (Lipinski definition) is 4. The second kappa shape index (κ2) is 6.16. The number of ether oxygens (including phenoxy) is 1. The number of nitrogens with one attached hydrogen (secondary N) is 1. The lowest BCUT2D eigenvalue weighted by molar-refractivity contribution is 0.193. The van der Waals surface area contributed by atoms with Gasteiger partial charge in [0.1, 0.15) is 0 Å². The molecule has 1 N–H and O–H groups in total. The third-order valence-electron chi connectivity index (χ3n) is 3.35. The molecule has 0 radical (unpaired) electrons. The fourth-order valence-corrected chi connectivity index (χ4v) is 2.13. The predicted octanol–water partition coefficient (Wildman–Crippen LogP) is 1.80. The molecule has 0 spiro atoms. The Labute approximate surface area is 109 Å². The molecule has 1 fully saturated rings. The Bertz CT molecular complexity index is 375. The summed E-state index contributed by atoms with van der Waals surface area (Å²) in [5, 5.41) is 3.39. The monoisotopic (exact) mass is 249 g/mol. The van der Waals surface area contributed by atoms with Gasteiger partial charge in [-0.1, -0.05) is 13.8 Å². The Morgan fingerprint density at radius 1 is 1.56 bits per heavy atom. The molecule has 1 unspecified atom stereocenters. The Kier molecular flexibility index (Phi) is 4.55. The van der Waals surface area contributed by atoms with Crippen molar-refractivity contribution < 1.29 is 4.74 Å². The van der Waals surface area contributed by atoms with Gasteiger partial charge in [0, 0.05) is 38.1 Å². The summed E-state index contributed by atoms with van der Waals surface area (Å²) in [6, 6.07) is 5.21. The topological polar surface area (TPSA) is 37.4 Å². The van der Waals surface area contributed by atoms with Gasteiger partial charge in [0.05, 0.1) is 18.3 Å². The van der Waals surface area contributed by atoms with Gasteiger partial charge in [0.25, 0.3) is 0 Å². The van der Waals surface area contributed by atoms with Crippen LogP contribution in [0.1, 0.15) is 26.0 Å². The van der Waals surface area contributed by atoms with Crippen LogP contribution in [0.5, 0.6) is 0 Å². The summed E-state index contributed by atoms with van der Waals surface area (Å²) in [6.07, 6.45) is 3.00. The van der Waals surface area contributed by atoms with Crippen molar-refractivity contribution in [3.63, 3.8) is 0 Å². The van der Waals surface area contributed by atoms with Crippen LogP contribution < -0.4 is 10.2 Å². The predicted molar refractivity (Wildman–Crippen MR) is 73.8 cm³/mol. The molecule has 1 aromatic rings. The molecule has 2 rings (SSSR count). The second-order valence-corrected chi connectivity index (χ2v) is 5.17. The van der Waals surface area contributed by atoms with E-state index in [9.17, 15) is 0 Å². The van der Waals surface area contributed by atoms with Crippen LogP contribution in [0, 0.1) is 0 Å². The van der Waals surface area contributed by atoms with Crippen LogP contribution in [0.4, 0.5) is 5.69 Å². The van der Waals surface area contributed by atoms with Crippen LogP contribution in [0.15, 0.2) is 18.3 Å². The number of pyridine rings is 1. The number of anilines is 1. The van der Waals surface area contributed by atoms with E-state index in [1.807, 2.05) is 6.20 Å². The van der Waals surface area contributed by atoms with Crippen molar-refractivity contribution in [2.24, 2.45) is 0 Å². The first-order chi connectivity index (χ1) is 8.66. The third-order valence-corrected chi connectivity index (χ3v) is 3.35. The molecular formula is C14H23N3O. The minimum atomic E-state index is 0.483. The van der Waals surface area contributed by atoms with Gasteiger partial charge < -0.3 is 15.0 Å². The highest BCUT2D eigenvalue weighted by molar-refractivity contribution is 5.47. The van der Waals surface area contributed by atoms with Gasteiger partial charge in [-0.15, -0.1) is 0 Å². The first-order valence-corrected chi connectivity index (χ1v) is 6.65. The molecule has 2 heterocycles. The van der Waals surface area contributed by atoms with Gasteiger partial charge in [-0.05, 0) is 18.6 Å². The lowest BCUT2D eigenvalue weighted by Gasteiger charge is -2.25. The second-order valence-electron chi connectivity index (χ2n) is 5.17. The Balaban J connectivity index is 2.01. The Morgan fingerprint density at radius 2 is 2.39 bits per heavy atom. The first-order valence-electron chi connectivity index (χ1n) is 6.65. The number of hydrogen-bond donors (Lipinski definition) is 1. The lowest BCUT2D eigenvalue weighted by atomic mass is 10.2. The average Bonchev–Trinajstić information content (AvgIpc) is 2.89. The van der Waals surface area contributed by atoms with Gasteiger partial charge in [0.2, 0.25) is 0 Å². The summed E-state index contributed by atoms with van der Waals surface area (Å²) >= 11 is 0. The van der Waals surface area contributed by atoms with Crippen LogP contribution >= 0.6 is 0 Å². The van der Waals surface area contributed by atoms with E-state index in [-0.39, 0.29) is 0 Å². The molecule has 0 saturated carbocycles. The fourth-order valence-electron chi connectivity index (χ4n) is 2.13. The average molecular weight is 249 g/mol. The van der Waals surface area contributed by atoms with Gasteiger partial charge in [0.15, 0.2) is 0 Å². The minimum Gasteiger partial charge on any atom is -0.379 e. The Morgan fingerprint density at radius 3 is 3.06 bits per heavy atom. The van der Waals surface area contributed by atoms with Crippen molar-refractivity contribution in [1.82, 2.24) is 10.3 Å². The lowest BCUT2D eigenvalue weighted by Crippen LogP contribution is -2.32. The maximum atomic E-state index is 5.44. The summed E-state index contributed by atoms with van der Waals surface area (Å²) in [4.78, 5) is 6.70.